The third kappa shape index (κ3) is 3.60. The van der Waals surface area contributed by atoms with E-state index < -0.39 is 0 Å². The average Bonchev–Trinajstić information content (AvgIpc) is 3.46. The van der Waals surface area contributed by atoms with Crippen molar-refractivity contribution < 1.29 is 4.79 Å². The second-order valence-corrected chi connectivity index (χ2v) is 7.31. The number of benzene rings is 3. The van der Waals surface area contributed by atoms with Crippen molar-refractivity contribution in [2.75, 3.05) is 10.6 Å². The van der Waals surface area contributed by atoms with E-state index in [-0.39, 0.29) is 5.91 Å². The molecule has 0 saturated carbocycles. The number of para-hydroxylation sites is 1. The minimum atomic E-state index is -0.125. The van der Waals surface area contributed by atoms with E-state index in [1.165, 1.54) is 0 Å². The Kier molecular flexibility index (Phi) is 4.82. The molecule has 6 nitrogen and oxygen atoms in total. The topological polar surface area (TPSA) is 95.8 Å². The van der Waals surface area contributed by atoms with E-state index in [1.54, 1.807) is 6.33 Å². The Morgan fingerprint density at radius 1 is 0.968 bits per heavy atom. The fraction of sp³-hybridized carbons (Fsp3) is 0.0400. The number of aromatic nitrogens is 2. The highest BCUT2D eigenvalue weighted by molar-refractivity contribution is 6.37. The fourth-order valence-electron chi connectivity index (χ4n) is 3.74. The molecule has 0 saturated heterocycles. The van der Waals surface area contributed by atoms with Gasteiger partial charge in [-0.3, -0.25) is 4.79 Å². The number of hydrogen-bond acceptors (Lipinski definition) is 4. The lowest BCUT2D eigenvalue weighted by atomic mass is 9.99. The number of nitrogens with two attached hydrogens (primary N) is 1. The summed E-state index contributed by atoms with van der Waals surface area (Å²) in [7, 11) is 0. The van der Waals surface area contributed by atoms with E-state index in [4.69, 9.17) is 5.73 Å². The van der Waals surface area contributed by atoms with Crippen molar-refractivity contribution in [1.29, 1.82) is 0 Å². The third-order valence-electron chi connectivity index (χ3n) is 5.35. The summed E-state index contributed by atoms with van der Waals surface area (Å²) in [5.41, 5.74) is 13.5. The van der Waals surface area contributed by atoms with E-state index >= 15 is 0 Å². The van der Waals surface area contributed by atoms with Gasteiger partial charge in [0.2, 0.25) is 0 Å². The number of aromatic amines is 1. The maximum Gasteiger partial charge on any atom is 0.258 e. The van der Waals surface area contributed by atoms with Crippen molar-refractivity contribution in [2.24, 2.45) is 5.73 Å². The van der Waals surface area contributed by atoms with Gasteiger partial charge in [0.05, 0.1) is 23.3 Å². The van der Waals surface area contributed by atoms with Gasteiger partial charge in [0.25, 0.3) is 5.91 Å². The highest BCUT2D eigenvalue weighted by Crippen LogP contribution is 2.37. The number of nitrogens with one attached hydrogen (secondary N) is 3. The number of carbonyl (C=O) groups is 1. The molecule has 1 aliphatic rings. The first-order valence-electron chi connectivity index (χ1n) is 10.0. The minimum Gasteiger partial charge on any atom is -0.354 e. The van der Waals surface area contributed by atoms with E-state index in [0.29, 0.717) is 12.1 Å². The summed E-state index contributed by atoms with van der Waals surface area (Å²) in [5, 5.41) is 6.44. The highest BCUT2D eigenvalue weighted by atomic mass is 16.2. The van der Waals surface area contributed by atoms with Crippen molar-refractivity contribution in [1.82, 2.24) is 9.97 Å². The van der Waals surface area contributed by atoms with Gasteiger partial charge in [0.1, 0.15) is 0 Å². The van der Waals surface area contributed by atoms with Crippen LogP contribution in [0.15, 0.2) is 85.3 Å². The molecule has 5 rings (SSSR count). The Labute approximate surface area is 179 Å². The summed E-state index contributed by atoms with van der Waals surface area (Å²) in [5.74, 6) is -0.125. The maximum atomic E-state index is 12.9. The predicted octanol–water partition coefficient (Wildman–Crippen LogP) is 4.47. The zero-order chi connectivity index (χ0) is 21.2. The molecule has 0 aliphatic carbocycles. The summed E-state index contributed by atoms with van der Waals surface area (Å²) in [6.07, 6.45) is 3.51. The number of rotatable bonds is 5. The van der Waals surface area contributed by atoms with Gasteiger partial charge in [-0.15, -0.1) is 0 Å². The van der Waals surface area contributed by atoms with Crippen molar-refractivity contribution in [3.05, 3.63) is 102 Å². The Bertz CT molecular complexity index is 1260. The minimum absolute atomic E-state index is 0.125. The molecule has 3 aromatic carbocycles. The molecular weight excluding hydrogens is 386 g/mol. The maximum absolute atomic E-state index is 12.9. The SMILES string of the molecule is NCc1ccc(C(Nc2ccc(-c3c[nH]cn3)cc2)=C2C(=O)Nc3ccccc32)cc1. The fourth-order valence-corrected chi connectivity index (χ4v) is 3.74. The first kappa shape index (κ1) is 18.8. The molecule has 1 aromatic heterocycles. The van der Waals surface area contributed by atoms with Crippen LogP contribution in [0, 0.1) is 0 Å². The van der Waals surface area contributed by atoms with Crippen LogP contribution in [0.1, 0.15) is 16.7 Å². The monoisotopic (exact) mass is 407 g/mol. The van der Waals surface area contributed by atoms with Crippen molar-refractivity contribution in [3.63, 3.8) is 0 Å². The van der Waals surface area contributed by atoms with Gasteiger partial charge in [-0.1, -0.05) is 54.6 Å². The lowest BCUT2D eigenvalue weighted by molar-refractivity contribution is -0.110. The highest BCUT2D eigenvalue weighted by Gasteiger charge is 2.28. The van der Waals surface area contributed by atoms with E-state index in [2.05, 4.69) is 20.6 Å². The number of nitrogens with zero attached hydrogens (tertiary/aromatic N) is 1. The Morgan fingerprint density at radius 2 is 1.74 bits per heavy atom. The number of fused-ring (bicyclic) bond motifs is 1. The van der Waals surface area contributed by atoms with Gasteiger partial charge in [-0.2, -0.15) is 0 Å². The van der Waals surface area contributed by atoms with Gasteiger partial charge in [0.15, 0.2) is 0 Å². The zero-order valence-electron chi connectivity index (χ0n) is 16.7. The molecule has 2 heterocycles. The van der Waals surface area contributed by atoms with Crippen LogP contribution in [0.25, 0.3) is 22.5 Å². The molecule has 0 radical (unpaired) electrons. The average molecular weight is 407 g/mol. The van der Waals surface area contributed by atoms with Gasteiger partial charge >= 0.3 is 0 Å². The first-order chi connectivity index (χ1) is 15.2. The van der Waals surface area contributed by atoms with Gasteiger partial charge in [0, 0.05) is 35.2 Å². The number of carbonyl (C=O) groups excluding carboxylic acids is 1. The largest absolute Gasteiger partial charge is 0.354 e. The van der Waals surface area contributed by atoms with Crippen LogP contribution < -0.4 is 16.4 Å². The Hall–Kier alpha value is -4.16. The van der Waals surface area contributed by atoms with Crippen molar-refractivity contribution in [2.45, 2.75) is 6.54 Å². The molecule has 6 heteroatoms. The van der Waals surface area contributed by atoms with Crippen LogP contribution in [0.5, 0.6) is 0 Å². The summed E-state index contributed by atoms with van der Waals surface area (Å²) in [4.78, 5) is 20.2. The normalized spacial score (nSPS) is 14.2. The Balaban J connectivity index is 1.59. The molecule has 0 bridgehead atoms. The summed E-state index contributed by atoms with van der Waals surface area (Å²) in [6.45, 7) is 0.470. The summed E-state index contributed by atoms with van der Waals surface area (Å²) in [6, 6.07) is 23.6. The summed E-state index contributed by atoms with van der Waals surface area (Å²) >= 11 is 0. The van der Waals surface area contributed by atoms with Crippen LogP contribution in [-0.2, 0) is 11.3 Å². The molecule has 1 aliphatic heterocycles. The number of anilines is 2. The molecule has 1 amide bonds. The Morgan fingerprint density at radius 3 is 2.45 bits per heavy atom. The molecule has 4 aromatic rings. The molecule has 152 valence electrons. The number of imidazole rings is 1. The van der Waals surface area contributed by atoms with Gasteiger partial charge in [-0.25, -0.2) is 4.98 Å². The van der Waals surface area contributed by atoms with Crippen molar-refractivity contribution in [3.8, 4) is 11.3 Å². The van der Waals surface area contributed by atoms with E-state index in [1.807, 2.05) is 79.0 Å². The van der Waals surface area contributed by atoms with Crippen molar-refractivity contribution >= 4 is 28.6 Å². The predicted molar refractivity (Wildman–Crippen MR) is 124 cm³/mol. The number of hydrogen-bond donors (Lipinski definition) is 4. The molecule has 0 fully saturated rings. The van der Waals surface area contributed by atoms with E-state index in [9.17, 15) is 4.79 Å². The molecule has 0 spiro atoms. The lowest BCUT2D eigenvalue weighted by Gasteiger charge is -2.15. The number of H-pyrrole nitrogens is 1. The molecular formula is C25H21N5O. The van der Waals surface area contributed by atoms with Crippen LogP contribution in [0.4, 0.5) is 11.4 Å². The smallest absolute Gasteiger partial charge is 0.258 e. The second-order valence-electron chi connectivity index (χ2n) is 7.31. The van der Waals surface area contributed by atoms with Gasteiger partial charge < -0.3 is 21.4 Å². The standard InChI is InChI=1S/C25H21N5O/c26-13-16-5-7-18(8-6-16)24(23-20-3-1-2-4-21(20)30-25(23)31)29-19-11-9-17(10-12-19)22-14-27-15-28-22/h1-12,14-15,29H,13,26H2,(H,27,28)(H,30,31). The molecule has 31 heavy (non-hydrogen) atoms. The zero-order valence-corrected chi connectivity index (χ0v) is 16.7. The number of amides is 1. The third-order valence-corrected chi connectivity index (χ3v) is 5.35. The van der Waals surface area contributed by atoms with Crippen LogP contribution in [0.3, 0.4) is 0 Å². The molecule has 5 N–H and O–H groups in total. The molecule has 0 unspecified atom stereocenters. The lowest BCUT2D eigenvalue weighted by Crippen LogP contribution is -2.10. The van der Waals surface area contributed by atoms with Crippen LogP contribution >= 0.6 is 0 Å². The summed E-state index contributed by atoms with van der Waals surface area (Å²) < 4.78 is 0. The van der Waals surface area contributed by atoms with Crippen LogP contribution in [-0.4, -0.2) is 15.9 Å². The molecule has 0 atom stereocenters. The van der Waals surface area contributed by atoms with Crippen LogP contribution in [0.2, 0.25) is 0 Å². The quantitative estimate of drug-likeness (QED) is 0.367. The van der Waals surface area contributed by atoms with E-state index in [0.717, 1.165) is 45.0 Å². The van der Waals surface area contributed by atoms with Gasteiger partial charge in [-0.05, 0) is 29.3 Å². The second kappa shape index (κ2) is 7.93. The first-order valence-corrected chi connectivity index (χ1v) is 10.0.